The fraction of sp³-hybridized carbons (Fsp3) is 0.222. The van der Waals surface area contributed by atoms with Gasteiger partial charge in [0.1, 0.15) is 0 Å². The van der Waals surface area contributed by atoms with Crippen LogP contribution in [0.5, 0.6) is 0 Å². The molecule has 2 heterocycles. The highest BCUT2D eigenvalue weighted by Gasteiger charge is 2.17. The van der Waals surface area contributed by atoms with Crippen LogP contribution in [0.4, 0.5) is 0 Å². The topological polar surface area (TPSA) is 66.0 Å². The lowest BCUT2D eigenvalue weighted by molar-refractivity contribution is 0.0697. The number of rotatable bonds is 3. The van der Waals surface area contributed by atoms with E-state index in [1.165, 1.54) is 0 Å². The zero-order valence-electron chi connectivity index (χ0n) is 12.8. The number of aromatic carboxylic acids is 1. The maximum Gasteiger partial charge on any atom is 0.335 e. The molecule has 3 rings (SSSR count). The van der Waals surface area contributed by atoms with Gasteiger partial charge in [-0.1, -0.05) is 13.8 Å². The number of fused-ring (bicyclic) bond motifs is 1. The molecule has 0 bridgehead atoms. The second kappa shape index (κ2) is 5.30. The van der Waals surface area contributed by atoms with Crippen molar-refractivity contribution in [2.45, 2.75) is 26.7 Å². The van der Waals surface area contributed by atoms with Crippen LogP contribution in [-0.4, -0.2) is 21.0 Å². The molecule has 2 aromatic heterocycles. The van der Waals surface area contributed by atoms with E-state index in [4.69, 9.17) is 0 Å². The number of aromatic nitrogens is 2. The molecule has 0 amide bonds. The molecular formula is C18H18N2O2. The first-order valence-electron chi connectivity index (χ1n) is 7.29. The van der Waals surface area contributed by atoms with Gasteiger partial charge in [-0.3, -0.25) is 4.98 Å². The van der Waals surface area contributed by atoms with Crippen molar-refractivity contribution in [2.24, 2.45) is 0 Å². The highest BCUT2D eigenvalue weighted by atomic mass is 16.4. The van der Waals surface area contributed by atoms with Crippen LogP contribution in [0.15, 0.2) is 36.5 Å². The molecule has 0 aliphatic rings. The molecule has 4 heteroatoms. The minimum Gasteiger partial charge on any atom is -0.478 e. The number of carbonyl (C=O) groups is 1. The first-order chi connectivity index (χ1) is 10.5. The first-order valence-corrected chi connectivity index (χ1v) is 7.29. The van der Waals surface area contributed by atoms with E-state index >= 15 is 0 Å². The zero-order valence-corrected chi connectivity index (χ0v) is 12.8. The number of hydrogen-bond donors (Lipinski definition) is 2. The molecule has 0 fully saturated rings. The summed E-state index contributed by atoms with van der Waals surface area (Å²) in [6.45, 7) is 6.20. The van der Waals surface area contributed by atoms with E-state index in [0.29, 0.717) is 5.56 Å². The van der Waals surface area contributed by atoms with Crippen molar-refractivity contribution in [3.63, 3.8) is 0 Å². The molecule has 2 N–H and O–H groups in total. The van der Waals surface area contributed by atoms with Gasteiger partial charge in [0.25, 0.3) is 0 Å². The summed E-state index contributed by atoms with van der Waals surface area (Å²) in [6, 6.07) is 9.23. The molecule has 0 saturated heterocycles. The van der Waals surface area contributed by atoms with E-state index in [2.05, 4.69) is 23.8 Å². The number of nitrogens with one attached hydrogen (secondary N) is 1. The maximum atomic E-state index is 11.2. The highest BCUT2D eigenvalue weighted by Crippen LogP contribution is 2.35. The second-order valence-corrected chi connectivity index (χ2v) is 5.82. The Morgan fingerprint density at radius 3 is 2.64 bits per heavy atom. The molecule has 22 heavy (non-hydrogen) atoms. The Labute approximate surface area is 128 Å². The summed E-state index contributed by atoms with van der Waals surface area (Å²) in [4.78, 5) is 18.9. The van der Waals surface area contributed by atoms with Gasteiger partial charge in [-0.2, -0.15) is 0 Å². The summed E-state index contributed by atoms with van der Waals surface area (Å²) in [6.07, 6.45) is 1.79. The average molecular weight is 294 g/mol. The number of nitrogens with zero attached hydrogens (tertiary/aromatic N) is 1. The van der Waals surface area contributed by atoms with Crippen LogP contribution in [-0.2, 0) is 0 Å². The Morgan fingerprint density at radius 2 is 2.00 bits per heavy atom. The number of H-pyrrole nitrogens is 1. The Kier molecular flexibility index (Phi) is 3.45. The third-order valence-corrected chi connectivity index (χ3v) is 3.85. The van der Waals surface area contributed by atoms with Gasteiger partial charge < -0.3 is 10.1 Å². The molecule has 0 aliphatic heterocycles. The fourth-order valence-electron chi connectivity index (χ4n) is 2.87. The van der Waals surface area contributed by atoms with Gasteiger partial charge in [-0.15, -0.1) is 0 Å². The van der Waals surface area contributed by atoms with Crippen molar-refractivity contribution in [3.05, 3.63) is 53.3 Å². The summed E-state index contributed by atoms with van der Waals surface area (Å²) < 4.78 is 0. The molecule has 112 valence electrons. The van der Waals surface area contributed by atoms with Gasteiger partial charge in [0, 0.05) is 28.4 Å². The van der Waals surface area contributed by atoms with Crippen LogP contribution in [0.2, 0.25) is 0 Å². The van der Waals surface area contributed by atoms with Gasteiger partial charge in [0.15, 0.2) is 0 Å². The standard InChI is InChI=1S/C18H18N2O2/c1-10(2)16-14-9-13(18(21)22)4-5-15(14)20-17(16)12-6-7-19-11(3)8-12/h4-10,20H,1-3H3,(H,21,22). The van der Waals surface area contributed by atoms with Crippen molar-refractivity contribution in [1.82, 2.24) is 9.97 Å². The Bertz CT molecular complexity index is 863. The van der Waals surface area contributed by atoms with Crippen LogP contribution in [0.3, 0.4) is 0 Å². The minimum absolute atomic E-state index is 0.279. The smallest absolute Gasteiger partial charge is 0.335 e. The molecule has 0 saturated carbocycles. The Balaban J connectivity index is 2.31. The minimum atomic E-state index is -0.904. The predicted octanol–water partition coefficient (Wildman–Crippen LogP) is 4.36. The maximum absolute atomic E-state index is 11.2. The average Bonchev–Trinajstić information content (AvgIpc) is 2.85. The largest absolute Gasteiger partial charge is 0.478 e. The van der Waals surface area contributed by atoms with Crippen LogP contribution in [0.1, 0.15) is 41.4 Å². The Morgan fingerprint density at radius 1 is 1.23 bits per heavy atom. The lowest BCUT2D eigenvalue weighted by Gasteiger charge is -2.09. The normalized spacial score (nSPS) is 11.3. The molecule has 3 aromatic rings. The van der Waals surface area contributed by atoms with Gasteiger partial charge in [0.2, 0.25) is 0 Å². The number of hydrogen-bond acceptors (Lipinski definition) is 2. The SMILES string of the molecule is Cc1cc(-c2[nH]c3ccc(C(=O)O)cc3c2C(C)C)ccn1. The van der Waals surface area contributed by atoms with Crippen molar-refractivity contribution in [2.75, 3.05) is 0 Å². The van der Waals surface area contributed by atoms with Gasteiger partial charge in [0.05, 0.1) is 11.3 Å². The number of carboxylic acids is 1. The van der Waals surface area contributed by atoms with E-state index in [1.54, 1.807) is 18.3 Å². The molecule has 0 atom stereocenters. The molecule has 0 unspecified atom stereocenters. The van der Waals surface area contributed by atoms with Gasteiger partial charge in [-0.25, -0.2) is 4.79 Å². The molecule has 0 radical (unpaired) electrons. The molecule has 1 aromatic carbocycles. The van der Waals surface area contributed by atoms with Crippen LogP contribution in [0.25, 0.3) is 22.2 Å². The summed E-state index contributed by atoms with van der Waals surface area (Å²) in [5.41, 5.74) is 5.48. The van der Waals surface area contributed by atoms with Crippen LogP contribution >= 0.6 is 0 Å². The van der Waals surface area contributed by atoms with Crippen LogP contribution < -0.4 is 0 Å². The molecular weight excluding hydrogens is 276 g/mol. The summed E-state index contributed by atoms with van der Waals surface area (Å²) >= 11 is 0. The first kappa shape index (κ1) is 14.3. The number of carboxylic acid groups (broad SMARTS) is 1. The van der Waals surface area contributed by atoms with E-state index in [9.17, 15) is 9.90 Å². The van der Waals surface area contributed by atoms with Crippen molar-refractivity contribution < 1.29 is 9.90 Å². The van der Waals surface area contributed by atoms with Gasteiger partial charge in [-0.05, 0) is 48.7 Å². The monoisotopic (exact) mass is 294 g/mol. The van der Waals surface area contributed by atoms with Gasteiger partial charge >= 0.3 is 5.97 Å². The van der Waals surface area contributed by atoms with E-state index in [0.717, 1.165) is 33.4 Å². The zero-order chi connectivity index (χ0) is 15.9. The van der Waals surface area contributed by atoms with E-state index in [1.807, 2.05) is 25.1 Å². The van der Waals surface area contributed by atoms with E-state index in [-0.39, 0.29) is 5.92 Å². The third kappa shape index (κ3) is 2.37. The summed E-state index contributed by atoms with van der Waals surface area (Å²) in [5, 5.41) is 10.2. The summed E-state index contributed by atoms with van der Waals surface area (Å²) in [7, 11) is 0. The number of aromatic amines is 1. The highest BCUT2D eigenvalue weighted by molar-refractivity contribution is 5.97. The van der Waals surface area contributed by atoms with Crippen molar-refractivity contribution in [1.29, 1.82) is 0 Å². The number of benzene rings is 1. The number of aryl methyl sites for hydroxylation is 1. The van der Waals surface area contributed by atoms with E-state index < -0.39 is 5.97 Å². The Hall–Kier alpha value is -2.62. The lowest BCUT2D eigenvalue weighted by atomic mass is 9.95. The molecule has 4 nitrogen and oxygen atoms in total. The van der Waals surface area contributed by atoms with Crippen molar-refractivity contribution >= 4 is 16.9 Å². The van der Waals surface area contributed by atoms with Crippen molar-refractivity contribution in [3.8, 4) is 11.3 Å². The number of pyridine rings is 1. The third-order valence-electron chi connectivity index (χ3n) is 3.85. The van der Waals surface area contributed by atoms with Crippen LogP contribution in [0, 0.1) is 6.92 Å². The fourth-order valence-corrected chi connectivity index (χ4v) is 2.87. The lowest BCUT2D eigenvalue weighted by Crippen LogP contribution is -1.96. The molecule has 0 aliphatic carbocycles. The molecule has 0 spiro atoms. The summed E-state index contributed by atoms with van der Waals surface area (Å²) in [5.74, 6) is -0.625. The quantitative estimate of drug-likeness (QED) is 0.754. The second-order valence-electron chi connectivity index (χ2n) is 5.82. The predicted molar refractivity (Wildman–Crippen MR) is 87.3 cm³/mol.